The second kappa shape index (κ2) is 9.54. The highest BCUT2D eigenvalue weighted by Crippen LogP contribution is 2.32. The van der Waals surface area contributed by atoms with Crippen molar-refractivity contribution in [2.75, 3.05) is 5.43 Å². The minimum absolute atomic E-state index is 0.0405. The summed E-state index contributed by atoms with van der Waals surface area (Å²) in [6.45, 7) is 2.42. The van der Waals surface area contributed by atoms with Crippen LogP contribution in [-0.2, 0) is 9.59 Å². The van der Waals surface area contributed by atoms with Crippen molar-refractivity contribution >= 4 is 69.0 Å². The van der Waals surface area contributed by atoms with E-state index in [1.807, 2.05) is 0 Å². The first-order chi connectivity index (χ1) is 16.2. The van der Waals surface area contributed by atoms with Crippen LogP contribution in [0, 0.1) is 0 Å². The van der Waals surface area contributed by atoms with E-state index in [9.17, 15) is 14.4 Å². The number of hydrogen-bond acceptors (Lipinski definition) is 8. The van der Waals surface area contributed by atoms with Gasteiger partial charge in [0.05, 0.1) is 22.3 Å². The zero-order chi connectivity index (χ0) is 24.4. The van der Waals surface area contributed by atoms with Gasteiger partial charge in [0.2, 0.25) is 5.43 Å². The summed E-state index contributed by atoms with van der Waals surface area (Å²) >= 11 is 12.0. The molecular weight excluding hydrogens is 483 g/mol. The summed E-state index contributed by atoms with van der Waals surface area (Å²) in [7, 11) is 0. The van der Waals surface area contributed by atoms with E-state index >= 15 is 0 Å². The number of carbonyl (C=O) groups is 2. The molecule has 10 heteroatoms. The second-order valence-corrected chi connectivity index (χ2v) is 7.97. The number of nitrogens with zero attached hydrogens (tertiary/aromatic N) is 1. The molecule has 0 aliphatic carbocycles. The molecule has 0 saturated heterocycles. The van der Waals surface area contributed by atoms with Crippen molar-refractivity contribution < 1.29 is 23.5 Å². The van der Waals surface area contributed by atoms with Gasteiger partial charge in [-0.15, -0.1) is 0 Å². The Balaban J connectivity index is 1.84. The molecule has 1 aromatic heterocycles. The molecule has 0 radical (unpaired) electrons. The fourth-order valence-electron chi connectivity index (χ4n) is 3.28. The second-order valence-electron chi connectivity index (χ2n) is 7.13. The lowest BCUT2D eigenvalue weighted by atomic mass is 10.1. The van der Waals surface area contributed by atoms with Crippen molar-refractivity contribution in [2.45, 2.75) is 13.8 Å². The van der Waals surface area contributed by atoms with Crippen LogP contribution in [-0.4, -0.2) is 18.2 Å². The van der Waals surface area contributed by atoms with Crippen LogP contribution >= 0.6 is 23.2 Å². The third-order valence-corrected chi connectivity index (χ3v) is 5.15. The number of fused-ring (bicyclic) bond motifs is 2. The number of esters is 2. The van der Waals surface area contributed by atoms with Crippen LogP contribution < -0.4 is 20.3 Å². The first kappa shape index (κ1) is 23.3. The highest BCUT2D eigenvalue weighted by molar-refractivity contribution is 6.36. The predicted octanol–water partition coefficient (Wildman–Crippen LogP) is 5.55. The topological polar surface area (TPSA) is 107 Å². The van der Waals surface area contributed by atoms with E-state index in [0.717, 1.165) is 0 Å². The largest absolute Gasteiger partial charge is 0.455 e. The number of carbonyl (C=O) groups excluding carboxylic acids is 2. The number of halogens is 2. The normalized spacial score (nSPS) is 11.2. The van der Waals surface area contributed by atoms with E-state index < -0.39 is 17.4 Å². The van der Waals surface area contributed by atoms with Gasteiger partial charge in [0.25, 0.3) is 0 Å². The first-order valence-electron chi connectivity index (χ1n) is 9.87. The average molecular weight is 499 g/mol. The van der Waals surface area contributed by atoms with Crippen molar-refractivity contribution in [3.63, 3.8) is 0 Å². The molecule has 0 amide bonds. The van der Waals surface area contributed by atoms with Crippen LogP contribution in [0.4, 0.5) is 5.69 Å². The van der Waals surface area contributed by atoms with Crippen LogP contribution in [0.3, 0.4) is 0 Å². The molecular formula is C24H16Cl2N2O6. The number of rotatable bonds is 5. The highest BCUT2D eigenvalue weighted by Gasteiger charge is 2.18. The zero-order valence-electron chi connectivity index (χ0n) is 17.8. The van der Waals surface area contributed by atoms with Gasteiger partial charge in [-0.2, -0.15) is 5.10 Å². The van der Waals surface area contributed by atoms with Crippen molar-refractivity contribution in [1.82, 2.24) is 0 Å². The SMILES string of the molecule is CC(=O)Oc1cc(OC(C)=O)c2c(=O)c3cccc(/C=N\Nc4ccc(Cl)cc4Cl)c3oc2c1. The fraction of sp³-hybridized carbons (Fsp3) is 0.0833. The van der Waals surface area contributed by atoms with Gasteiger partial charge in [0.15, 0.2) is 0 Å². The van der Waals surface area contributed by atoms with Crippen LogP contribution in [0.15, 0.2) is 62.8 Å². The summed E-state index contributed by atoms with van der Waals surface area (Å²) in [5.41, 5.74) is 3.72. The van der Waals surface area contributed by atoms with E-state index in [2.05, 4.69) is 10.5 Å². The van der Waals surface area contributed by atoms with E-state index in [1.165, 1.54) is 32.2 Å². The fourth-order valence-corrected chi connectivity index (χ4v) is 3.73. The van der Waals surface area contributed by atoms with E-state index in [1.54, 1.807) is 36.4 Å². The predicted molar refractivity (Wildman–Crippen MR) is 130 cm³/mol. The minimum Gasteiger partial charge on any atom is -0.455 e. The lowest BCUT2D eigenvalue weighted by Crippen LogP contribution is -2.10. The minimum atomic E-state index is -0.645. The summed E-state index contributed by atoms with van der Waals surface area (Å²) in [4.78, 5) is 36.3. The molecule has 0 spiro atoms. The molecule has 0 aliphatic heterocycles. The number of hydrazone groups is 1. The molecule has 4 rings (SSSR count). The quantitative estimate of drug-likeness (QED) is 0.126. The lowest BCUT2D eigenvalue weighted by Gasteiger charge is -2.10. The monoisotopic (exact) mass is 498 g/mol. The van der Waals surface area contributed by atoms with Crippen molar-refractivity contribution in [2.24, 2.45) is 5.10 Å². The third kappa shape index (κ3) is 4.88. The van der Waals surface area contributed by atoms with Gasteiger partial charge in [-0.25, -0.2) is 0 Å². The smallest absolute Gasteiger partial charge is 0.308 e. The molecule has 0 aliphatic rings. The zero-order valence-corrected chi connectivity index (χ0v) is 19.4. The van der Waals surface area contributed by atoms with E-state index in [0.29, 0.717) is 21.3 Å². The van der Waals surface area contributed by atoms with Crippen LogP contribution in [0.5, 0.6) is 11.5 Å². The molecule has 0 atom stereocenters. The van der Waals surface area contributed by atoms with Gasteiger partial charge < -0.3 is 13.9 Å². The number of nitrogens with one attached hydrogen (secondary N) is 1. The van der Waals surface area contributed by atoms with Gasteiger partial charge in [-0.1, -0.05) is 29.3 Å². The van der Waals surface area contributed by atoms with Gasteiger partial charge in [-0.05, 0) is 30.3 Å². The average Bonchev–Trinajstić information content (AvgIpc) is 2.74. The van der Waals surface area contributed by atoms with Gasteiger partial charge in [-0.3, -0.25) is 19.8 Å². The number of anilines is 1. The van der Waals surface area contributed by atoms with Crippen LogP contribution in [0.2, 0.25) is 10.0 Å². The number of hydrogen-bond donors (Lipinski definition) is 1. The number of para-hydroxylation sites is 1. The standard InChI is InChI=1S/C24H16Cl2N2O6/c1-12(29)32-16-9-20(33-13(2)30)22-21(10-16)34-24-14(4-3-5-17(24)23(22)31)11-27-28-19-7-6-15(25)8-18(19)26/h3-11,28H,1-2H3/b27-11-. The summed E-state index contributed by atoms with van der Waals surface area (Å²) in [5, 5.41) is 5.33. The molecule has 0 saturated carbocycles. The van der Waals surface area contributed by atoms with Crippen LogP contribution in [0.1, 0.15) is 19.4 Å². The molecule has 1 N–H and O–H groups in total. The molecule has 0 bridgehead atoms. The van der Waals surface area contributed by atoms with E-state index in [-0.39, 0.29) is 33.4 Å². The Morgan fingerprint density at radius 1 is 1.03 bits per heavy atom. The Morgan fingerprint density at radius 3 is 2.50 bits per heavy atom. The molecule has 3 aromatic carbocycles. The summed E-state index contributed by atoms with van der Waals surface area (Å²) in [5.74, 6) is -1.25. The molecule has 0 fully saturated rings. The van der Waals surface area contributed by atoms with Crippen molar-refractivity contribution in [1.29, 1.82) is 0 Å². The first-order valence-corrected chi connectivity index (χ1v) is 10.6. The maximum atomic E-state index is 13.3. The maximum absolute atomic E-state index is 13.3. The summed E-state index contributed by atoms with van der Waals surface area (Å²) in [6, 6.07) is 12.5. The summed E-state index contributed by atoms with van der Waals surface area (Å²) < 4.78 is 16.3. The molecule has 172 valence electrons. The van der Waals surface area contributed by atoms with E-state index in [4.69, 9.17) is 37.1 Å². The van der Waals surface area contributed by atoms with Crippen molar-refractivity contribution in [3.05, 3.63) is 74.4 Å². The maximum Gasteiger partial charge on any atom is 0.308 e. The Hall–Kier alpha value is -3.88. The van der Waals surface area contributed by atoms with Gasteiger partial charge >= 0.3 is 11.9 Å². The molecule has 8 nitrogen and oxygen atoms in total. The summed E-state index contributed by atoms with van der Waals surface area (Å²) in [6.07, 6.45) is 1.46. The Kier molecular flexibility index (Phi) is 6.54. The molecule has 1 heterocycles. The number of ether oxygens (including phenoxy) is 2. The molecule has 0 unspecified atom stereocenters. The Bertz CT molecular complexity index is 1540. The van der Waals surface area contributed by atoms with Crippen LogP contribution in [0.25, 0.3) is 21.9 Å². The van der Waals surface area contributed by atoms with Gasteiger partial charge in [0, 0.05) is 36.6 Å². The molecule has 4 aromatic rings. The Morgan fingerprint density at radius 2 is 1.79 bits per heavy atom. The van der Waals surface area contributed by atoms with Gasteiger partial charge in [0.1, 0.15) is 28.1 Å². The number of benzene rings is 3. The third-order valence-electron chi connectivity index (χ3n) is 4.60. The Labute approximate surface area is 202 Å². The van der Waals surface area contributed by atoms with Crippen molar-refractivity contribution in [3.8, 4) is 11.5 Å². The lowest BCUT2D eigenvalue weighted by molar-refractivity contribution is -0.132. The highest BCUT2D eigenvalue weighted by atomic mass is 35.5. The molecule has 34 heavy (non-hydrogen) atoms.